The van der Waals surface area contributed by atoms with Gasteiger partial charge in [0.05, 0.1) is 11.1 Å². The molecular formula is C23H30INO3. The van der Waals surface area contributed by atoms with Crippen LogP contribution >= 0.6 is 22.6 Å². The smallest absolute Gasteiger partial charge is 0.309 e. The van der Waals surface area contributed by atoms with E-state index in [1.54, 1.807) is 6.08 Å². The molecule has 3 rings (SSSR count). The number of carbonyl (C=O) groups is 1. The molecule has 2 aliphatic rings. The third kappa shape index (κ3) is 3.40. The van der Waals surface area contributed by atoms with E-state index in [4.69, 9.17) is 4.84 Å². The van der Waals surface area contributed by atoms with E-state index >= 15 is 0 Å². The fraction of sp³-hybridized carbons (Fsp3) is 0.565. The summed E-state index contributed by atoms with van der Waals surface area (Å²) in [6, 6.07) is 4.53. The Labute approximate surface area is 181 Å². The Hall–Kier alpha value is -1.37. The fourth-order valence-corrected chi connectivity index (χ4v) is 6.29. The molecule has 2 aliphatic carbocycles. The van der Waals surface area contributed by atoms with Crippen molar-refractivity contribution in [2.24, 2.45) is 16.5 Å². The van der Waals surface area contributed by atoms with E-state index in [1.807, 2.05) is 6.92 Å². The predicted octanol–water partition coefficient (Wildman–Crippen LogP) is 5.87. The summed E-state index contributed by atoms with van der Waals surface area (Å²) in [5, 5.41) is 14.5. The average Bonchev–Trinajstić information content (AvgIpc) is 2.62. The van der Waals surface area contributed by atoms with Gasteiger partial charge in [-0.15, -0.1) is 0 Å². The molecule has 0 aromatic heterocycles. The third-order valence-electron chi connectivity index (χ3n) is 6.87. The van der Waals surface area contributed by atoms with Crippen molar-refractivity contribution in [2.45, 2.75) is 64.7 Å². The van der Waals surface area contributed by atoms with Crippen LogP contribution in [0.1, 0.15) is 76.0 Å². The van der Waals surface area contributed by atoms with Gasteiger partial charge in [-0.2, -0.15) is 0 Å². The largest absolute Gasteiger partial charge is 0.481 e. The number of carboxylic acids is 1. The predicted molar refractivity (Wildman–Crippen MR) is 121 cm³/mol. The average molecular weight is 495 g/mol. The second kappa shape index (κ2) is 7.81. The molecule has 1 N–H and O–H groups in total. The SMILES string of the molecule is C=CCO/N=C1\CC2[C@](C)(C(=O)O)CCC[C@]2(C)c2cc(I)c(C(C)C)cc21. The van der Waals surface area contributed by atoms with E-state index < -0.39 is 11.4 Å². The van der Waals surface area contributed by atoms with Crippen molar-refractivity contribution < 1.29 is 14.7 Å². The number of aliphatic carboxylic acids is 1. The van der Waals surface area contributed by atoms with Crippen molar-refractivity contribution in [2.75, 3.05) is 6.61 Å². The molecule has 0 saturated heterocycles. The van der Waals surface area contributed by atoms with Crippen LogP contribution < -0.4 is 0 Å². The van der Waals surface area contributed by atoms with E-state index in [9.17, 15) is 9.90 Å². The molecule has 0 spiro atoms. The van der Waals surface area contributed by atoms with Gasteiger partial charge in [-0.25, -0.2) is 0 Å². The van der Waals surface area contributed by atoms with Crippen molar-refractivity contribution in [3.05, 3.63) is 45.0 Å². The normalized spacial score (nSPS) is 30.6. The van der Waals surface area contributed by atoms with Crippen molar-refractivity contribution in [1.82, 2.24) is 0 Å². The number of fused-ring (bicyclic) bond motifs is 3. The first kappa shape index (κ1) is 21.3. The zero-order valence-corrected chi connectivity index (χ0v) is 19.4. The lowest BCUT2D eigenvalue weighted by Crippen LogP contribution is -2.53. The summed E-state index contributed by atoms with van der Waals surface area (Å²) in [5.74, 6) is -0.300. The summed E-state index contributed by atoms with van der Waals surface area (Å²) in [5.41, 5.74) is 3.59. The molecule has 0 radical (unpaired) electrons. The van der Waals surface area contributed by atoms with Gasteiger partial charge >= 0.3 is 5.97 Å². The van der Waals surface area contributed by atoms with Crippen molar-refractivity contribution in [1.29, 1.82) is 0 Å². The summed E-state index contributed by atoms with van der Waals surface area (Å²) in [6.07, 6.45) is 4.94. The van der Waals surface area contributed by atoms with Gasteiger partial charge in [0.15, 0.2) is 0 Å². The van der Waals surface area contributed by atoms with Crippen molar-refractivity contribution in [3.8, 4) is 0 Å². The second-order valence-electron chi connectivity index (χ2n) is 8.95. The minimum absolute atomic E-state index is 0.00877. The summed E-state index contributed by atoms with van der Waals surface area (Å²) in [7, 11) is 0. The molecule has 0 aliphatic heterocycles. The van der Waals surface area contributed by atoms with Gasteiger partial charge in [0, 0.05) is 9.13 Å². The molecular weight excluding hydrogens is 465 g/mol. The summed E-state index contributed by atoms with van der Waals surface area (Å²) < 4.78 is 1.24. The molecule has 5 heteroatoms. The number of benzene rings is 1. The highest BCUT2D eigenvalue weighted by Crippen LogP contribution is 2.57. The zero-order chi connectivity index (χ0) is 20.7. The Morgan fingerprint density at radius 3 is 2.75 bits per heavy atom. The molecule has 0 bridgehead atoms. The molecule has 152 valence electrons. The summed E-state index contributed by atoms with van der Waals surface area (Å²) in [6.45, 7) is 12.6. The maximum Gasteiger partial charge on any atom is 0.309 e. The number of oxime groups is 1. The number of nitrogens with zero attached hydrogens (tertiary/aromatic N) is 1. The maximum atomic E-state index is 12.3. The number of rotatable bonds is 5. The molecule has 0 amide bonds. The Bertz CT molecular complexity index is 831. The third-order valence-corrected chi connectivity index (χ3v) is 7.80. The van der Waals surface area contributed by atoms with Crippen LogP contribution in [0, 0.1) is 14.9 Å². The van der Waals surface area contributed by atoms with Gasteiger partial charge in [0.2, 0.25) is 0 Å². The highest BCUT2D eigenvalue weighted by Gasteiger charge is 2.56. The van der Waals surface area contributed by atoms with E-state index in [0.29, 0.717) is 25.4 Å². The monoisotopic (exact) mass is 495 g/mol. The van der Waals surface area contributed by atoms with Crippen LogP contribution in [0.5, 0.6) is 0 Å². The van der Waals surface area contributed by atoms with E-state index in [2.05, 4.69) is 67.2 Å². The number of hydrogen-bond acceptors (Lipinski definition) is 3. The van der Waals surface area contributed by atoms with Crippen LogP contribution in [0.3, 0.4) is 0 Å². The Kier molecular flexibility index (Phi) is 5.95. The van der Waals surface area contributed by atoms with Crippen LogP contribution in [0.4, 0.5) is 0 Å². The first-order valence-electron chi connectivity index (χ1n) is 10.0. The molecule has 0 heterocycles. The molecule has 4 nitrogen and oxygen atoms in total. The quantitative estimate of drug-likeness (QED) is 0.241. The highest BCUT2D eigenvalue weighted by molar-refractivity contribution is 14.1. The topological polar surface area (TPSA) is 58.9 Å². The minimum atomic E-state index is -0.758. The second-order valence-corrected chi connectivity index (χ2v) is 10.1. The van der Waals surface area contributed by atoms with Gasteiger partial charge in [0.25, 0.3) is 0 Å². The van der Waals surface area contributed by atoms with E-state index in [0.717, 1.165) is 24.1 Å². The molecule has 1 unspecified atom stereocenters. The van der Waals surface area contributed by atoms with Crippen LogP contribution in [0.2, 0.25) is 0 Å². The van der Waals surface area contributed by atoms with Gasteiger partial charge in [0.1, 0.15) is 6.61 Å². The van der Waals surface area contributed by atoms with Crippen LogP contribution in [0.15, 0.2) is 29.9 Å². The van der Waals surface area contributed by atoms with Gasteiger partial charge in [-0.1, -0.05) is 45.0 Å². The molecule has 1 fully saturated rings. The Morgan fingerprint density at radius 2 is 2.14 bits per heavy atom. The van der Waals surface area contributed by atoms with E-state index in [-0.39, 0.29) is 11.3 Å². The number of hydrogen-bond donors (Lipinski definition) is 1. The van der Waals surface area contributed by atoms with E-state index in [1.165, 1.54) is 14.7 Å². The lowest BCUT2D eigenvalue weighted by Gasteiger charge is -2.53. The molecule has 1 aromatic rings. The number of carboxylic acid groups (broad SMARTS) is 1. The Balaban J connectivity index is 2.22. The summed E-state index contributed by atoms with van der Waals surface area (Å²) in [4.78, 5) is 17.7. The molecule has 28 heavy (non-hydrogen) atoms. The Morgan fingerprint density at radius 1 is 1.43 bits per heavy atom. The molecule has 3 atom stereocenters. The lowest BCUT2D eigenvalue weighted by molar-refractivity contribution is -0.156. The minimum Gasteiger partial charge on any atom is -0.481 e. The standard InChI is InChI=1S/C23H30INO3/c1-6-10-28-25-19-13-20-22(4,8-7-9-23(20,5)21(26)27)17-12-18(24)15(14(2)3)11-16(17)19/h6,11-12,14,20H,1,7-10,13H2,2-5H3,(H,26,27)/b25-19+/t20?,22-,23-/m1/s1. The number of halogens is 1. The van der Waals surface area contributed by atoms with Crippen molar-refractivity contribution >= 4 is 34.3 Å². The molecule has 1 aromatic carbocycles. The van der Waals surface area contributed by atoms with Gasteiger partial charge in [-0.05, 0) is 89.3 Å². The van der Waals surface area contributed by atoms with Crippen LogP contribution in [0.25, 0.3) is 0 Å². The maximum absolute atomic E-state index is 12.3. The lowest BCUT2D eigenvalue weighted by atomic mass is 9.49. The summed E-state index contributed by atoms with van der Waals surface area (Å²) >= 11 is 2.42. The van der Waals surface area contributed by atoms with Gasteiger partial charge < -0.3 is 9.94 Å². The highest BCUT2D eigenvalue weighted by atomic mass is 127. The zero-order valence-electron chi connectivity index (χ0n) is 17.2. The fourth-order valence-electron chi connectivity index (χ4n) is 5.20. The van der Waals surface area contributed by atoms with Gasteiger partial charge in [-0.3, -0.25) is 4.79 Å². The first-order chi connectivity index (χ1) is 13.1. The van der Waals surface area contributed by atoms with Crippen molar-refractivity contribution in [3.63, 3.8) is 0 Å². The molecule has 1 saturated carbocycles. The first-order valence-corrected chi connectivity index (χ1v) is 11.1. The van der Waals surface area contributed by atoms with Crippen LogP contribution in [-0.2, 0) is 15.0 Å². The van der Waals surface area contributed by atoms with Crippen LogP contribution in [-0.4, -0.2) is 23.4 Å².